The van der Waals surface area contributed by atoms with Crippen molar-refractivity contribution < 1.29 is 4.79 Å². The average molecular weight is 124 g/mol. The van der Waals surface area contributed by atoms with E-state index in [0.29, 0.717) is 6.54 Å². The van der Waals surface area contributed by atoms with Gasteiger partial charge in [0, 0.05) is 12.1 Å². The molecule has 0 aliphatic carbocycles. The minimum Gasteiger partial charge on any atom is -0.333 e. The molecule has 0 aromatic heterocycles. The molecule has 0 spiro atoms. The largest absolute Gasteiger partial charge is 0.333 e. The summed E-state index contributed by atoms with van der Waals surface area (Å²) in [6.45, 7) is 2.53. The summed E-state index contributed by atoms with van der Waals surface area (Å²) in [7, 11) is 0. The van der Waals surface area contributed by atoms with Crippen molar-refractivity contribution in [2.75, 3.05) is 6.54 Å². The molecule has 0 aromatic rings. The third-order valence-corrected chi connectivity index (χ3v) is 1.23. The Morgan fingerprint density at radius 3 is 2.89 bits per heavy atom. The second-order valence-corrected chi connectivity index (χ2v) is 2.09. The topological polar surface area (TPSA) is 32.3 Å². The van der Waals surface area contributed by atoms with Gasteiger partial charge in [0.15, 0.2) is 0 Å². The van der Waals surface area contributed by atoms with Crippen molar-refractivity contribution >= 4 is 6.03 Å². The van der Waals surface area contributed by atoms with Crippen LogP contribution in [0.5, 0.6) is 0 Å². The third kappa shape index (κ3) is 0.968. The van der Waals surface area contributed by atoms with Crippen molar-refractivity contribution in [1.29, 1.82) is 0 Å². The lowest BCUT2D eigenvalue weighted by Crippen LogP contribution is -2.24. The number of carbonyl (C=O) groups is 1. The van der Waals surface area contributed by atoms with Crippen LogP contribution < -0.4 is 5.32 Å². The molecule has 0 saturated carbocycles. The van der Waals surface area contributed by atoms with Gasteiger partial charge in [-0.05, 0) is 6.92 Å². The number of nitrogens with one attached hydrogen (secondary N) is 1. The predicted octanol–water partition coefficient (Wildman–Crippen LogP) is -0.00920. The number of terminal acetylenes is 1. The first-order chi connectivity index (χ1) is 4.24. The van der Waals surface area contributed by atoms with Crippen LogP contribution in [0.2, 0.25) is 0 Å². The highest BCUT2D eigenvalue weighted by atomic mass is 16.2. The van der Waals surface area contributed by atoms with Gasteiger partial charge >= 0.3 is 6.03 Å². The molecule has 1 fully saturated rings. The van der Waals surface area contributed by atoms with E-state index in [-0.39, 0.29) is 12.1 Å². The molecular formula is C6H8N2O. The Labute approximate surface area is 54.0 Å². The molecule has 1 heterocycles. The first-order valence-electron chi connectivity index (χ1n) is 2.78. The molecule has 1 atom stereocenters. The normalized spacial score (nSPS) is 25.6. The van der Waals surface area contributed by atoms with E-state index >= 15 is 0 Å². The van der Waals surface area contributed by atoms with Crippen LogP contribution in [0.15, 0.2) is 0 Å². The Morgan fingerprint density at radius 2 is 2.67 bits per heavy atom. The maximum atomic E-state index is 10.7. The molecule has 1 N–H and O–H groups in total. The Hall–Kier alpha value is -1.17. The summed E-state index contributed by atoms with van der Waals surface area (Å²) < 4.78 is 0. The highest BCUT2D eigenvalue weighted by molar-refractivity contribution is 5.78. The minimum atomic E-state index is -0.162. The second-order valence-electron chi connectivity index (χ2n) is 2.09. The summed E-state index contributed by atoms with van der Waals surface area (Å²) in [6, 6.07) is 2.29. The molecule has 1 aliphatic rings. The quantitative estimate of drug-likeness (QED) is 0.452. The molecule has 3 heteroatoms. The van der Waals surface area contributed by atoms with Gasteiger partial charge in [0.05, 0.1) is 6.54 Å². The van der Waals surface area contributed by atoms with E-state index in [2.05, 4.69) is 11.4 Å². The first-order valence-corrected chi connectivity index (χ1v) is 2.78. The number of amides is 2. The van der Waals surface area contributed by atoms with Crippen LogP contribution in [-0.4, -0.2) is 23.5 Å². The number of hydrogen-bond acceptors (Lipinski definition) is 1. The molecule has 3 nitrogen and oxygen atoms in total. The Bertz CT molecular complexity index is 170. The molecule has 1 unspecified atom stereocenters. The SMILES string of the molecule is C#CN1CC(C)NC1=O. The van der Waals surface area contributed by atoms with Crippen LogP contribution >= 0.6 is 0 Å². The minimum absolute atomic E-state index is 0.162. The second kappa shape index (κ2) is 1.98. The maximum Gasteiger partial charge on any atom is 0.329 e. The van der Waals surface area contributed by atoms with Crippen LogP contribution in [0.25, 0.3) is 0 Å². The number of nitrogens with zero attached hydrogens (tertiary/aromatic N) is 1. The Kier molecular flexibility index (Phi) is 1.31. The van der Waals surface area contributed by atoms with Crippen molar-refractivity contribution in [1.82, 2.24) is 10.2 Å². The molecule has 0 bridgehead atoms. The molecule has 0 radical (unpaired) electrons. The fourth-order valence-electron chi connectivity index (χ4n) is 0.802. The third-order valence-electron chi connectivity index (χ3n) is 1.23. The van der Waals surface area contributed by atoms with Crippen LogP contribution in [-0.2, 0) is 0 Å². The molecule has 1 aliphatic heterocycles. The first kappa shape index (κ1) is 5.96. The van der Waals surface area contributed by atoms with Crippen LogP contribution in [0.3, 0.4) is 0 Å². The van der Waals surface area contributed by atoms with Gasteiger partial charge in [0.25, 0.3) is 0 Å². The smallest absolute Gasteiger partial charge is 0.329 e. The van der Waals surface area contributed by atoms with Crippen LogP contribution in [0, 0.1) is 12.5 Å². The van der Waals surface area contributed by atoms with E-state index < -0.39 is 0 Å². The fraction of sp³-hybridized carbons (Fsp3) is 0.500. The molecule has 9 heavy (non-hydrogen) atoms. The predicted molar refractivity (Wildman–Crippen MR) is 33.5 cm³/mol. The zero-order valence-corrected chi connectivity index (χ0v) is 5.22. The Balaban J connectivity index is 2.61. The standard InChI is InChI=1S/C6H8N2O/c1-3-8-4-5(2)7-6(8)9/h1,5H,4H2,2H3,(H,7,9). The van der Waals surface area contributed by atoms with Crippen molar-refractivity contribution in [3.05, 3.63) is 0 Å². The zero-order valence-electron chi connectivity index (χ0n) is 5.22. The highest BCUT2D eigenvalue weighted by Gasteiger charge is 2.23. The van der Waals surface area contributed by atoms with Gasteiger partial charge in [0.2, 0.25) is 0 Å². The fourth-order valence-corrected chi connectivity index (χ4v) is 0.802. The highest BCUT2D eigenvalue weighted by Crippen LogP contribution is 1.99. The molecule has 48 valence electrons. The molecule has 0 aromatic carbocycles. The Morgan fingerprint density at radius 1 is 2.00 bits per heavy atom. The van der Waals surface area contributed by atoms with E-state index in [9.17, 15) is 4.79 Å². The summed E-state index contributed by atoms with van der Waals surface area (Å²) in [4.78, 5) is 12.0. The van der Waals surface area contributed by atoms with E-state index in [4.69, 9.17) is 6.42 Å². The van der Waals surface area contributed by atoms with Crippen molar-refractivity contribution in [3.8, 4) is 12.5 Å². The van der Waals surface area contributed by atoms with Crippen molar-refractivity contribution in [3.63, 3.8) is 0 Å². The summed E-state index contributed by atoms with van der Waals surface area (Å²) >= 11 is 0. The summed E-state index contributed by atoms with van der Waals surface area (Å²) in [5.41, 5.74) is 0. The number of hydrogen-bond donors (Lipinski definition) is 1. The van der Waals surface area contributed by atoms with Gasteiger partial charge in [-0.2, -0.15) is 0 Å². The van der Waals surface area contributed by atoms with Gasteiger partial charge in [-0.3, -0.25) is 4.90 Å². The van der Waals surface area contributed by atoms with Crippen LogP contribution in [0.4, 0.5) is 4.79 Å². The summed E-state index contributed by atoms with van der Waals surface area (Å²) in [6.07, 6.45) is 5.00. The van der Waals surface area contributed by atoms with E-state index in [1.54, 1.807) is 0 Å². The molecule has 1 rings (SSSR count). The lowest BCUT2D eigenvalue weighted by molar-refractivity contribution is 0.232. The van der Waals surface area contributed by atoms with E-state index in [1.165, 1.54) is 4.90 Å². The summed E-state index contributed by atoms with van der Waals surface area (Å²) in [5.74, 6) is 0. The maximum absolute atomic E-state index is 10.7. The molecule has 1 saturated heterocycles. The zero-order chi connectivity index (χ0) is 6.85. The monoisotopic (exact) mass is 124 g/mol. The number of rotatable bonds is 0. The van der Waals surface area contributed by atoms with Gasteiger partial charge in [-0.25, -0.2) is 4.79 Å². The van der Waals surface area contributed by atoms with E-state index in [1.807, 2.05) is 6.92 Å². The number of carbonyl (C=O) groups excluding carboxylic acids is 1. The van der Waals surface area contributed by atoms with Crippen LogP contribution in [0.1, 0.15) is 6.92 Å². The lowest BCUT2D eigenvalue weighted by atomic mass is 10.4. The van der Waals surface area contributed by atoms with Crippen molar-refractivity contribution in [2.45, 2.75) is 13.0 Å². The molecule has 2 amide bonds. The summed E-state index contributed by atoms with van der Waals surface area (Å²) in [5, 5.41) is 2.66. The average Bonchev–Trinajstić information content (AvgIpc) is 2.10. The number of urea groups is 1. The van der Waals surface area contributed by atoms with Gasteiger partial charge < -0.3 is 5.32 Å². The van der Waals surface area contributed by atoms with Gasteiger partial charge in [-0.1, -0.05) is 6.42 Å². The lowest BCUT2D eigenvalue weighted by Gasteiger charge is -2.00. The van der Waals surface area contributed by atoms with E-state index in [0.717, 1.165) is 0 Å². The van der Waals surface area contributed by atoms with Gasteiger partial charge in [0.1, 0.15) is 0 Å². The van der Waals surface area contributed by atoms with Crippen molar-refractivity contribution in [2.24, 2.45) is 0 Å². The molecular weight excluding hydrogens is 116 g/mol. The van der Waals surface area contributed by atoms with Gasteiger partial charge in [-0.15, -0.1) is 0 Å².